The first kappa shape index (κ1) is 10.9. The van der Waals surface area contributed by atoms with Crippen molar-refractivity contribution in [3.8, 4) is 0 Å². The molecule has 1 heterocycles. The maximum absolute atomic E-state index is 11.3. The molecule has 4 nitrogen and oxygen atoms in total. The molecule has 1 aromatic rings. The topological polar surface area (TPSA) is 60.9 Å². The van der Waals surface area contributed by atoms with Gasteiger partial charge in [-0.15, -0.1) is 0 Å². The van der Waals surface area contributed by atoms with Crippen LogP contribution in [0.5, 0.6) is 0 Å². The van der Waals surface area contributed by atoms with Crippen molar-refractivity contribution >= 4 is 0 Å². The summed E-state index contributed by atoms with van der Waals surface area (Å²) >= 11 is 0. The number of aromatic nitrogens is 2. The van der Waals surface area contributed by atoms with Crippen LogP contribution in [0, 0.1) is 0 Å². The van der Waals surface area contributed by atoms with Crippen molar-refractivity contribution < 1.29 is 0 Å². The van der Waals surface area contributed by atoms with E-state index in [1.807, 2.05) is 20.8 Å². The Labute approximate surface area is 83.7 Å². The van der Waals surface area contributed by atoms with Gasteiger partial charge in [0.1, 0.15) is 0 Å². The van der Waals surface area contributed by atoms with E-state index in [4.69, 9.17) is 5.73 Å². The Morgan fingerprint density at radius 2 is 2.14 bits per heavy atom. The van der Waals surface area contributed by atoms with E-state index in [1.54, 1.807) is 6.07 Å². The van der Waals surface area contributed by atoms with Crippen LogP contribution in [0.25, 0.3) is 0 Å². The molecule has 1 rings (SSSR count). The summed E-state index contributed by atoms with van der Waals surface area (Å²) in [4.78, 5) is 11.3. The summed E-state index contributed by atoms with van der Waals surface area (Å²) < 4.78 is 1.46. The van der Waals surface area contributed by atoms with E-state index in [1.165, 1.54) is 10.7 Å². The molecule has 0 saturated carbocycles. The van der Waals surface area contributed by atoms with Crippen molar-refractivity contribution in [1.29, 1.82) is 0 Å². The Balaban J connectivity index is 3.13. The summed E-state index contributed by atoms with van der Waals surface area (Å²) in [6.45, 7) is 6.39. The second-order valence-corrected chi connectivity index (χ2v) is 4.00. The van der Waals surface area contributed by atoms with Crippen molar-refractivity contribution in [1.82, 2.24) is 9.78 Å². The summed E-state index contributed by atoms with van der Waals surface area (Å²) in [5.74, 6) is 0. The van der Waals surface area contributed by atoms with Gasteiger partial charge in [-0.1, -0.05) is 6.92 Å². The van der Waals surface area contributed by atoms with Crippen molar-refractivity contribution in [3.63, 3.8) is 0 Å². The van der Waals surface area contributed by atoms with Gasteiger partial charge < -0.3 is 5.73 Å². The SMILES string of the molecule is CCCn1nc(C(C)(C)N)ccc1=O. The molecule has 0 radical (unpaired) electrons. The molecule has 78 valence electrons. The zero-order chi connectivity index (χ0) is 10.8. The van der Waals surface area contributed by atoms with Crippen molar-refractivity contribution in [2.45, 2.75) is 39.3 Å². The highest BCUT2D eigenvalue weighted by Gasteiger charge is 2.16. The molecule has 0 bridgehead atoms. The molecule has 0 saturated heterocycles. The average Bonchev–Trinajstić information content (AvgIpc) is 2.07. The standard InChI is InChI=1S/C10H17N3O/c1-4-7-13-9(14)6-5-8(12-13)10(2,3)11/h5-6H,4,7,11H2,1-3H3. The first-order chi connectivity index (χ1) is 6.45. The van der Waals surface area contributed by atoms with Crippen molar-refractivity contribution in [3.05, 3.63) is 28.2 Å². The third-order valence-electron chi connectivity index (χ3n) is 1.96. The third-order valence-corrected chi connectivity index (χ3v) is 1.96. The summed E-state index contributed by atoms with van der Waals surface area (Å²) in [6, 6.07) is 3.21. The number of nitrogens with two attached hydrogens (primary N) is 1. The minimum atomic E-state index is -0.497. The molecule has 0 atom stereocenters. The van der Waals surface area contributed by atoms with Crippen LogP contribution in [0.15, 0.2) is 16.9 Å². The average molecular weight is 195 g/mol. The molecule has 0 amide bonds. The van der Waals surface area contributed by atoms with Crippen molar-refractivity contribution in [2.24, 2.45) is 5.73 Å². The zero-order valence-corrected chi connectivity index (χ0v) is 8.95. The van der Waals surface area contributed by atoms with E-state index in [9.17, 15) is 4.79 Å². The van der Waals surface area contributed by atoms with Gasteiger partial charge in [-0.25, -0.2) is 4.68 Å². The number of aryl methyl sites for hydroxylation is 1. The molecule has 0 aromatic carbocycles. The molecule has 0 fully saturated rings. The van der Waals surface area contributed by atoms with Crippen LogP contribution in [-0.4, -0.2) is 9.78 Å². The third kappa shape index (κ3) is 2.42. The largest absolute Gasteiger partial charge is 0.321 e. The van der Waals surface area contributed by atoms with Gasteiger partial charge in [0.15, 0.2) is 0 Å². The molecule has 2 N–H and O–H groups in total. The predicted octanol–water partition coefficient (Wildman–Crippen LogP) is 0.847. The number of hydrogen-bond donors (Lipinski definition) is 1. The molecule has 0 aliphatic heterocycles. The van der Waals surface area contributed by atoms with E-state index in [0.717, 1.165) is 12.1 Å². The summed E-state index contributed by atoms with van der Waals surface area (Å²) in [5.41, 5.74) is 6.07. The van der Waals surface area contributed by atoms with E-state index in [-0.39, 0.29) is 5.56 Å². The van der Waals surface area contributed by atoms with E-state index in [0.29, 0.717) is 6.54 Å². The lowest BCUT2D eigenvalue weighted by molar-refractivity contribution is 0.479. The van der Waals surface area contributed by atoms with Gasteiger partial charge in [0, 0.05) is 12.6 Å². The van der Waals surface area contributed by atoms with Crippen molar-refractivity contribution in [2.75, 3.05) is 0 Å². The van der Waals surface area contributed by atoms with Crippen LogP contribution in [0.4, 0.5) is 0 Å². The lowest BCUT2D eigenvalue weighted by Crippen LogP contribution is -2.34. The Kier molecular flexibility index (Phi) is 3.06. The monoisotopic (exact) mass is 195 g/mol. The highest BCUT2D eigenvalue weighted by Crippen LogP contribution is 2.11. The lowest BCUT2D eigenvalue weighted by Gasteiger charge is -2.18. The number of hydrogen-bond acceptors (Lipinski definition) is 3. The fourth-order valence-electron chi connectivity index (χ4n) is 1.16. The predicted molar refractivity (Wildman–Crippen MR) is 56.0 cm³/mol. The fraction of sp³-hybridized carbons (Fsp3) is 0.600. The number of nitrogens with zero attached hydrogens (tertiary/aromatic N) is 2. The first-order valence-electron chi connectivity index (χ1n) is 4.82. The normalized spacial score (nSPS) is 11.7. The van der Waals surface area contributed by atoms with Gasteiger partial charge >= 0.3 is 0 Å². The highest BCUT2D eigenvalue weighted by atomic mass is 16.1. The Morgan fingerprint density at radius 3 is 2.64 bits per heavy atom. The Morgan fingerprint density at radius 1 is 1.50 bits per heavy atom. The van der Waals surface area contributed by atoms with Gasteiger partial charge in [-0.3, -0.25) is 4.79 Å². The van der Waals surface area contributed by atoms with Crippen LogP contribution >= 0.6 is 0 Å². The molecular formula is C10H17N3O. The first-order valence-corrected chi connectivity index (χ1v) is 4.82. The molecule has 0 unspecified atom stereocenters. The summed E-state index contributed by atoms with van der Waals surface area (Å²) in [7, 11) is 0. The van der Waals surface area contributed by atoms with Crippen LogP contribution in [0.2, 0.25) is 0 Å². The van der Waals surface area contributed by atoms with E-state index >= 15 is 0 Å². The minimum Gasteiger partial charge on any atom is -0.321 e. The fourth-order valence-corrected chi connectivity index (χ4v) is 1.16. The van der Waals surface area contributed by atoms with Gasteiger partial charge in [0.25, 0.3) is 5.56 Å². The minimum absolute atomic E-state index is 0.0696. The van der Waals surface area contributed by atoms with Crippen LogP contribution in [-0.2, 0) is 12.1 Å². The Bertz CT molecular complexity index is 362. The molecule has 0 aliphatic rings. The highest BCUT2D eigenvalue weighted by molar-refractivity contribution is 5.09. The second-order valence-electron chi connectivity index (χ2n) is 4.00. The van der Waals surface area contributed by atoms with E-state index < -0.39 is 5.54 Å². The van der Waals surface area contributed by atoms with Crippen LogP contribution < -0.4 is 11.3 Å². The second kappa shape index (κ2) is 3.92. The summed E-state index contributed by atoms with van der Waals surface area (Å²) in [6.07, 6.45) is 0.890. The maximum atomic E-state index is 11.3. The summed E-state index contributed by atoms with van der Waals surface area (Å²) in [5, 5.41) is 4.21. The maximum Gasteiger partial charge on any atom is 0.266 e. The smallest absolute Gasteiger partial charge is 0.266 e. The van der Waals surface area contributed by atoms with Gasteiger partial charge in [-0.05, 0) is 26.3 Å². The lowest BCUT2D eigenvalue weighted by atomic mass is 10.0. The van der Waals surface area contributed by atoms with Crippen LogP contribution in [0.3, 0.4) is 0 Å². The molecule has 14 heavy (non-hydrogen) atoms. The van der Waals surface area contributed by atoms with Gasteiger partial charge in [-0.2, -0.15) is 5.10 Å². The molecule has 0 spiro atoms. The Hall–Kier alpha value is -1.16. The molecule has 0 aliphatic carbocycles. The van der Waals surface area contributed by atoms with Crippen LogP contribution in [0.1, 0.15) is 32.9 Å². The molecular weight excluding hydrogens is 178 g/mol. The van der Waals surface area contributed by atoms with E-state index in [2.05, 4.69) is 5.10 Å². The zero-order valence-electron chi connectivity index (χ0n) is 8.95. The quantitative estimate of drug-likeness (QED) is 0.777. The molecule has 1 aromatic heterocycles. The van der Waals surface area contributed by atoms with Gasteiger partial charge in [0.05, 0.1) is 11.2 Å². The van der Waals surface area contributed by atoms with Gasteiger partial charge in [0.2, 0.25) is 0 Å². The number of rotatable bonds is 3. The molecule has 4 heteroatoms.